The molecule has 0 spiro atoms. The second kappa shape index (κ2) is 19.2. The fourth-order valence-electron chi connectivity index (χ4n) is 7.34. The van der Waals surface area contributed by atoms with Crippen molar-refractivity contribution in [2.75, 3.05) is 0 Å². The molecular formula is C50H60N2O4. The summed E-state index contributed by atoms with van der Waals surface area (Å²) in [7, 11) is 0. The Morgan fingerprint density at radius 2 is 0.732 bits per heavy atom. The highest BCUT2D eigenvalue weighted by Gasteiger charge is 2.33. The van der Waals surface area contributed by atoms with E-state index >= 15 is 0 Å². The Hall–Kier alpha value is -5.04. The standard InChI is InChI=1S/C50H60N2O4/c1-37(41-25-17-11-18-26-41)51(35-39-21-13-9-14-22-39)45(33-47(53)55-49(3,4)5)43-29-31-44(32-30-43)46(34-48(54)56-50(6,7)8)52(36-40-23-15-10-16-24-40)38(2)42-27-19-12-20-28-42/h9-32,37-38,45-46H,33-36H2,1-8H3/t37-,38-,45+,46+/m0/s1. The number of carbonyl (C=O) groups is 2. The van der Waals surface area contributed by atoms with E-state index in [1.807, 2.05) is 65.8 Å². The zero-order chi connectivity index (χ0) is 40.3. The average molecular weight is 753 g/mol. The molecule has 6 heteroatoms. The van der Waals surface area contributed by atoms with Crippen molar-refractivity contribution >= 4 is 11.9 Å². The molecule has 0 aliphatic rings. The predicted octanol–water partition coefficient (Wildman–Crippen LogP) is 11.8. The van der Waals surface area contributed by atoms with Crippen molar-refractivity contribution in [1.82, 2.24) is 9.80 Å². The highest BCUT2D eigenvalue weighted by Crippen LogP contribution is 2.39. The molecule has 0 heterocycles. The van der Waals surface area contributed by atoms with Gasteiger partial charge in [-0.25, -0.2) is 0 Å². The third-order valence-electron chi connectivity index (χ3n) is 10.0. The van der Waals surface area contributed by atoms with Gasteiger partial charge in [-0.1, -0.05) is 146 Å². The van der Waals surface area contributed by atoms with Gasteiger partial charge in [0.05, 0.1) is 12.8 Å². The Morgan fingerprint density at radius 3 is 1.02 bits per heavy atom. The van der Waals surface area contributed by atoms with E-state index in [9.17, 15) is 9.59 Å². The Morgan fingerprint density at radius 1 is 0.446 bits per heavy atom. The van der Waals surface area contributed by atoms with Crippen molar-refractivity contribution in [3.05, 3.63) is 179 Å². The molecule has 0 radical (unpaired) electrons. The van der Waals surface area contributed by atoms with Crippen LogP contribution in [0.2, 0.25) is 0 Å². The van der Waals surface area contributed by atoms with Crippen LogP contribution in [0.3, 0.4) is 0 Å². The number of carbonyl (C=O) groups excluding carboxylic acids is 2. The first-order valence-corrected chi connectivity index (χ1v) is 19.9. The first-order chi connectivity index (χ1) is 26.7. The summed E-state index contributed by atoms with van der Waals surface area (Å²) in [4.78, 5) is 32.3. The lowest BCUT2D eigenvalue weighted by atomic mass is 9.92. The number of ether oxygens (including phenoxy) is 2. The molecule has 0 amide bonds. The molecule has 0 bridgehead atoms. The van der Waals surface area contributed by atoms with Gasteiger partial charge >= 0.3 is 11.9 Å². The van der Waals surface area contributed by atoms with Crippen LogP contribution < -0.4 is 0 Å². The highest BCUT2D eigenvalue weighted by atomic mass is 16.6. The molecule has 4 atom stereocenters. The molecule has 5 aromatic rings. The molecule has 0 unspecified atom stereocenters. The highest BCUT2D eigenvalue weighted by molar-refractivity contribution is 5.71. The number of nitrogens with zero attached hydrogens (tertiary/aromatic N) is 2. The molecular weight excluding hydrogens is 693 g/mol. The van der Waals surface area contributed by atoms with E-state index in [4.69, 9.17) is 9.47 Å². The zero-order valence-electron chi connectivity index (χ0n) is 34.5. The molecule has 0 saturated heterocycles. The van der Waals surface area contributed by atoms with Crippen LogP contribution in [0.4, 0.5) is 0 Å². The van der Waals surface area contributed by atoms with E-state index in [0.717, 1.165) is 33.4 Å². The van der Waals surface area contributed by atoms with Gasteiger partial charge in [-0.2, -0.15) is 0 Å². The Bertz CT molecular complexity index is 1790. The summed E-state index contributed by atoms with van der Waals surface area (Å²) in [5, 5.41) is 0. The largest absolute Gasteiger partial charge is 0.460 e. The third-order valence-corrected chi connectivity index (χ3v) is 10.0. The Balaban J connectivity index is 1.60. The molecule has 0 aliphatic heterocycles. The van der Waals surface area contributed by atoms with Crippen LogP contribution in [0.5, 0.6) is 0 Å². The molecule has 294 valence electrons. The van der Waals surface area contributed by atoms with E-state index in [0.29, 0.717) is 13.1 Å². The molecule has 6 nitrogen and oxygen atoms in total. The topological polar surface area (TPSA) is 59.1 Å². The molecule has 0 N–H and O–H groups in total. The smallest absolute Gasteiger partial charge is 0.308 e. The normalized spacial score (nSPS) is 14.2. The number of benzene rings is 5. The molecule has 5 aromatic carbocycles. The van der Waals surface area contributed by atoms with Crippen molar-refractivity contribution in [2.45, 2.75) is 117 Å². The number of esters is 2. The van der Waals surface area contributed by atoms with Crippen LogP contribution in [-0.4, -0.2) is 32.9 Å². The summed E-state index contributed by atoms with van der Waals surface area (Å²) in [6.45, 7) is 17.1. The monoisotopic (exact) mass is 752 g/mol. The SMILES string of the molecule is C[C@@H](c1ccccc1)N(Cc1ccccc1)[C@H](CC(=O)OC(C)(C)C)c1ccc([C@@H](CC(=O)OC(C)(C)C)N(Cc2ccccc2)[C@@H](C)c2ccccc2)cc1. The minimum absolute atomic E-state index is 0.0171. The predicted molar refractivity (Wildman–Crippen MR) is 227 cm³/mol. The van der Waals surface area contributed by atoms with Crippen molar-refractivity contribution in [3.8, 4) is 0 Å². The minimum Gasteiger partial charge on any atom is -0.460 e. The van der Waals surface area contributed by atoms with Gasteiger partial charge in [-0.3, -0.25) is 19.4 Å². The zero-order valence-corrected chi connectivity index (χ0v) is 34.5. The molecule has 0 aliphatic carbocycles. The summed E-state index contributed by atoms with van der Waals surface area (Å²) >= 11 is 0. The molecule has 0 fully saturated rings. The van der Waals surface area contributed by atoms with Gasteiger partial charge in [0, 0.05) is 37.3 Å². The summed E-state index contributed by atoms with van der Waals surface area (Å²) in [5.41, 5.74) is 5.41. The summed E-state index contributed by atoms with van der Waals surface area (Å²) < 4.78 is 11.9. The van der Waals surface area contributed by atoms with Gasteiger partial charge in [0.15, 0.2) is 0 Å². The van der Waals surface area contributed by atoms with Gasteiger partial charge < -0.3 is 9.47 Å². The fourth-order valence-corrected chi connectivity index (χ4v) is 7.34. The maximum Gasteiger partial charge on any atom is 0.308 e. The summed E-state index contributed by atoms with van der Waals surface area (Å²) in [6, 6.07) is 49.6. The van der Waals surface area contributed by atoms with Crippen molar-refractivity contribution in [3.63, 3.8) is 0 Å². The van der Waals surface area contributed by atoms with Crippen LogP contribution in [-0.2, 0) is 32.2 Å². The van der Waals surface area contributed by atoms with E-state index < -0.39 is 11.2 Å². The number of rotatable bonds is 16. The van der Waals surface area contributed by atoms with Gasteiger partial charge in [0.25, 0.3) is 0 Å². The first-order valence-electron chi connectivity index (χ1n) is 19.9. The average Bonchev–Trinajstić information content (AvgIpc) is 3.17. The lowest BCUT2D eigenvalue weighted by Crippen LogP contribution is -2.35. The Labute approximate surface area is 335 Å². The van der Waals surface area contributed by atoms with Crippen molar-refractivity contribution in [1.29, 1.82) is 0 Å². The van der Waals surface area contributed by atoms with Crippen molar-refractivity contribution in [2.24, 2.45) is 0 Å². The van der Waals surface area contributed by atoms with Gasteiger partial charge in [0.1, 0.15) is 11.2 Å². The third kappa shape index (κ3) is 12.5. The minimum atomic E-state index is -0.618. The maximum absolute atomic E-state index is 13.7. The first kappa shape index (κ1) is 42.1. The quantitative estimate of drug-likeness (QED) is 0.0936. The lowest BCUT2D eigenvalue weighted by molar-refractivity contribution is -0.158. The lowest BCUT2D eigenvalue weighted by Gasteiger charge is -2.39. The van der Waals surface area contributed by atoms with Gasteiger partial charge in [0.2, 0.25) is 0 Å². The van der Waals surface area contributed by atoms with Crippen molar-refractivity contribution < 1.29 is 19.1 Å². The second-order valence-electron chi connectivity index (χ2n) is 16.8. The molecule has 0 aromatic heterocycles. The number of hydrogen-bond acceptors (Lipinski definition) is 6. The summed E-state index contributed by atoms with van der Waals surface area (Å²) in [5.74, 6) is -0.503. The van der Waals surface area contributed by atoms with Crippen LogP contribution in [0.1, 0.15) is 126 Å². The van der Waals surface area contributed by atoms with E-state index in [-0.39, 0.29) is 48.9 Å². The molecule has 56 heavy (non-hydrogen) atoms. The van der Waals surface area contributed by atoms with E-state index in [1.54, 1.807) is 0 Å². The van der Waals surface area contributed by atoms with E-state index in [2.05, 4.69) is 145 Å². The van der Waals surface area contributed by atoms with E-state index in [1.165, 1.54) is 0 Å². The fraction of sp³-hybridized carbons (Fsp3) is 0.360. The second-order valence-corrected chi connectivity index (χ2v) is 16.8. The van der Waals surface area contributed by atoms with Crippen LogP contribution >= 0.6 is 0 Å². The van der Waals surface area contributed by atoms with Gasteiger partial charge in [-0.05, 0) is 88.8 Å². The van der Waals surface area contributed by atoms with Gasteiger partial charge in [-0.15, -0.1) is 0 Å². The summed E-state index contributed by atoms with van der Waals surface area (Å²) in [6.07, 6.45) is 0.347. The molecule has 0 saturated carbocycles. The van der Waals surface area contributed by atoms with Crippen LogP contribution in [0, 0.1) is 0 Å². The number of hydrogen-bond donors (Lipinski definition) is 0. The van der Waals surface area contributed by atoms with Crippen LogP contribution in [0.25, 0.3) is 0 Å². The Kier molecular flexibility index (Phi) is 14.4. The van der Waals surface area contributed by atoms with Crippen LogP contribution in [0.15, 0.2) is 146 Å². The maximum atomic E-state index is 13.7. The molecule has 5 rings (SSSR count).